The molecule has 0 saturated carbocycles. The van der Waals surface area contributed by atoms with E-state index in [1.54, 1.807) is 16.3 Å². The van der Waals surface area contributed by atoms with Crippen molar-refractivity contribution in [1.82, 2.24) is 4.90 Å². The van der Waals surface area contributed by atoms with Crippen LogP contribution in [0.2, 0.25) is 0 Å². The van der Waals surface area contributed by atoms with Crippen LogP contribution in [0, 0.1) is 0 Å². The second kappa shape index (κ2) is 8.93. The van der Waals surface area contributed by atoms with Crippen molar-refractivity contribution in [2.75, 3.05) is 24.4 Å². The summed E-state index contributed by atoms with van der Waals surface area (Å²) in [4.78, 5) is 26.1. The topological polar surface area (TPSA) is 102 Å². The molecule has 3 rings (SSSR count). The Balaban J connectivity index is 1.54. The van der Waals surface area contributed by atoms with Crippen LogP contribution in [0.4, 0.5) is 5.69 Å². The Hall–Kier alpha value is -2.43. The summed E-state index contributed by atoms with van der Waals surface area (Å²) in [5.74, 6) is -0.930. The Kier molecular flexibility index (Phi) is 6.56. The molecule has 0 bridgehead atoms. The van der Waals surface area contributed by atoms with E-state index >= 15 is 0 Å². The molecule has 29 heavy (non-hydrogen) atoms. The van der Waals surface area contributed by atoms with Crippen molar-refractivity contribution >= 4 is 38.9 Å². The summed E-state index contributed by atoms with van der Waals surface area (Å²) in [6.45, 7) is 4.33. The molecule has 2 atom stereocenters. The number of ether oxygens (including phenoxy) is 2. The van der Waals surface area contributed by atoms with Gasteiger partial charge in [0.05, 0.1) is 17.8 Å². The minimum absolute atomic E-state index is 0.0658. The van der Waals surface area contributed by atoms with Gasteiger partial charge in [-0.2, -0.15) is 0 Å². The van der Waals surface area contributed by atoms with Crippen LogP contribution in [0.3, 0.4) is 0 Å². The number of thiophene rings is 1. The van der Waals surface area contributed by atoms with Gasteiger partial charge in [0.2, 0.25) is 0 Å². The van der Waals surface area contributed by atoms with Gasteiger partial charge in [-0.1, -0.05) is 6.07 Å². The van der Waals surface area contributed by atoms with E-state index in [4.69, 9.17) is 9.47 Å². The number of anilines is 1. The van der Waals surface area contributed by atoms with E-state index in [-0.39, 0.29) is 34.5 Å². The number of hydrogen-bond donors (Lipinski definition) is 1. The highest BCUT2D eigenvalue weighted by molar-refractivity contribution is 7.94. The second-order valence-electron chi connectivity index (χ2n) is 6.75. The molecule has 1 aliphatic rings. The predicted octanol–water partition coefficient (Wildman–Crippen LogP) is 2.34. The number of hydrogen-bond acceptors (Lipinski definition) is 7. The first-order valence-electron chi connectivity index (χ1n) is 9.01. The average molecular weight is 439 g/mol. The number of rotatable bonds is 6. The van der Waals surface area contributed by atoms with Gasteiger partial charge >= 0.3 is 5.97 Å². The lowest BCUT2D eigenvalue weighted by Crippen LogP contribution is -2.49. The number of sulfonamides is 1. The van der Waals surface area contributed by atoms with E-state index in [0.717, 1.165) is 11.3 Å². The first-order valence-corrected chi connectivity index (χ1v) is 11.4. The molecule has 10 heteroatoms. The molecule has 0 spiro atoms. The molecule has 1 aromatic heterocycles. The lowest BCUT2D eigenvalue weighted by atomic mass is 10.2. The van der Waals surface area contributed by atoms with Crippen molar-refractivity contribution in [2.45, 2.75) is 30.3 Å². The number of morpholine rings is 1. The fourth-order valence-electron chi connectivity index (χ4n) is 2.98. The number of amides is 1. The van der Waals surface area contributed by atoms with Crippen LogP contribution in [0.1, 0.15) is 24.2 Å². The molecule has 2 aromatic rings. The van der Waals surface area contributed by atoms with E-state index in [0.29, 0.717) is 18.8 Å². The minimum atomic E-state index is -3.65. The smallest absolute Gasteiger partial charge is 0.338 e. The van der Waals surface area contributed by atoms with Gasteiger partial charge in [0.15, 0.2) is 6.61 Å². The van der Waals surface area contributed by atoms with E-state index in [2.05, 4.69) is 4.72 Å². The molecule has 0 aliphatic carbocycles. The molecule has 2 heterocycles. The average Bonchev–Trinajstić information content (AvgIpc) is 3.21. The summed E-state index contributed by atoms with van der Waals surface area (Å²) in [6, 6.07) is 8.98. The Morgan fingerprint density at radius 2 is 1.83 bits per heavy atom. The number of carbonyl (C=O) groups excluding carboxylic acids is 2. The minimum Gasteiger partial charge on any atom is -0.452 e. The molecule has 1 saturated heterocycles. The fourth-order valence-corrected chi connectivity index (χ4v) is 5.03. The SMILES string of the molecule is C[C@@H]1CN(C(=O)COC(=O)c2ccc(NS(=O)(=O)c3cccs3)cc2)C[C@H](C)O1. The Labute approximate surface area is 173 Å². The quantitative estimate of drug-likeness (QED) is 0.695. The summed E-state index contributed by atoms with van der Waals surface area (Å²) in [6.07, 6.45) is -0.132. The van der Waals surface area contributed by atoms with Gasteiger partial charge in [-0.05, 0) is 49.6 Å². The van der Waals surface area contributed by atoms with E-state index in [1.165, 1.54) is 30.3 Å². The van der Waals surface area contributed by atoms with Crippen LogP contribution in [0.25, 0.3) is 0 Å². The van der Waals surface area contributed by atoms with Crippen molar-refractivity contribution in [2.24, 2.45) is 0 Å². The van der Waals surface area contributed by atoms with Gasteiger partial charge < -0.3 is 14.4 Å². The number of carbonyl (C=O) groups is 2. The van der Waals surface area contributed by atoms with E-state index < -0.39 is 16.0 Å². The molecular formula is C19H22N2O6S2. The molecule has 1 amide bonds. The summed E-state index contributed by atoms with van der Waals surface area (Å²) in [7, 11) is -3.65. The fraction of sp³-hybridized carbons (Fsp3) is 0.368. The molecule has 156 valence electrons. The maximum Gasteiger partial charge on any atom is 0.338 e. The Morgan fingerprint density at radius 1 is 1.17 bits per heavy atom. The van der Waals surface area contributed by atoms with Crippen LogP contribution in [-0.4, -0.2) is 57.1 Å². The van der Waals surface area contributed by atoms with Crippen molar-refractivity contribution in [3.63, 3.8) is 0 Å². The van der Waals surface area contributed by atoms with Crippen LogP contribution in [0.5, 0.6) is 0 Å². The largest absolute Gasteiger partial charge is 0.452 e. The maximum absolute atomic E-state index is 12.3. The second-order valence-corrected chi connectivity index (χ2v) is 9.60. The van der Waals surface area contributed by atoms with E-state index in [1.807, 2.05) is 13.8 Å². The zero-order valence-electron chi connectivity index (χ0n) is 16.0. The van der Waals surface area contributed by atoms with Crippen molar-refractivity contribution in [3.8, 4) is 0 Å². The number of nitrogens with zero attached hydrogens (tertiary/aromatic N) is 1. The lowest BCUT2D eigenvalue weighted by Gasteiger charge is -2.35. The van der Waals surface area contributed by atoms with Crippen LogP contribution in [-0.2, 0) is 24.3 Å². The molecule has 0 unspecified atom stereocenters. The molecular weight excluding hydrogens is 416 g/mol. The summed E-state index contributed by atoms with van der Waals surface area (Å²) < 4.78 is 37.8. The standard InChI is InChI=1S/C19H22N2O6S2/c1-13-10-21(11-14(2)27-13)17(22)12-26-19(23)15-5-7-16(8-6-15)20-29(24,25)18-4-3-9-28-18/h3-9,13-14,20H,10-12H2,1-2H3/t13-,14+. The first kappa shape index (κ1) is 21.3. The molecule has 1 fully saturated rings. The zero-order chi connectivity index (χ0) is 21.0. The summed E-state index contributed by atoms with van der Waals surface area (Å²) in [5.41, 5.74) is 0.544. The highest BCUT2D eigenvalue weighted by Gasteiger charge is 2.26. The monoisotopic (exact) mass is 438 g/mol. The normalized spacial score (nSPS) is 19.6. The first-order chi connectivity index (χ1) is 13.7. The lowest BCUT2D eigenvalue weighted by molar-refractivity contribution is -0.146. The molecule has 0 radical (unpaired) electrons. The molecule has 1 N–H and O–H groups in total. The highest BCUT2D eigenvalue weighted by Crippen LogP contribution is 2.20. The van der Waals surface area contributed by atoms with Gasteiger partial charge in [0.25, 0.3) is 15.9 Å². The van der Waals surface area contributed by atoms with Gasteiger partial charge in [-0.3, -0.25) is 9.52 Å². The Morgan fingerprint density at radius 3 is 2.41 bits per heavy atom. The molecule has 8 nitrogen and oxygen atoms in total. The maximum atomic E-state index is 12.3. The molecule has 1 aliphatic heterocycles. The van der Waals surface area contributed by atoms with E-state index in [9.17, 15) is 18.0 Å². The van der Waals surface area contributed by atoms with Crippen molar-refractivity contribution < 1.29 is 27.5 Å². The van der Waals surface area contributed by atoms with Crippen LogP contribution < -0.4 is 4.72 Å². The van der Waals surface area contributed by atoms with Gasteiger partial charge in [0, 0.05) is 18.8 Å². The third kappa shape index (κ3) is 5.55. The third-order valence-corrected chi connectivity index (χ3v) is 7.01. The Bertz CT molecular complexity index is 947. The van der Waals surface area contributed by atoms with Gasteiger partial charge in [-0.15, -0.1) is 11.3 Å². The van der Waals surface area contributed by atoms with Crippen LogP contribution in [0.15, 0.2) is 46.0 Å². The van der Waals surface area contributed by atoms with Gasteiger partial charge in [-0.25, -0.2) is 13.2 Å². The number of benzene rings is 1. The molecule has 1 aromatic carbocycles. The predicted molar refractivity (Wildman–Crippen MR) is 108 cm³/mol. The number of esters is 1. The van der Waals surface area contributed by atoms with Crippen molar-refractivity contribution in [3.05, 3.63) is 47.3 Å². The van der Waals surface area contributed by atoms with Gasteiger partial charge in [0.1, 0.15) is 4.21 Å². The number of nitrogens with one attached hydrogen (secondary N) is 1. The summed E-state index contributed by atoms with van der Waals surface area (Å²) >= 11 is 1.11. The summed E-state index contributed by atoms with van der Waals surface area (Å²) in [5, 5.41) is 1.67. The van der Waals surface area contributed by atoms with Crippen LogP contribution >= 0.6 is 11.3 Å². The third-order valence-electron chi connectivity index (χ3n) is 4.23. The zero-order valence-corrected chi connectivity index (χ0v) is 17.7. The van der Waals surface area contributed by atoms with Crippen molar-refractivity contribution in [1.29, 1.82) is 0 Å². The highest BCUT2D eigenvalue weighted by atomic mass is 32.2.